The first kappa shape index (κ1) is 19.5. The Morgan fingerprint density at radius 2 is 1.68 bits per heavy atom. The van der Waals surface area contributed by atoms with Crippen LogP contribution in [0.3, 0.4) is 0 Å². The lowest BCUT2D eigenvalue weighted by Crippen LogP contribution is -2.37. The molecular weight excluding hydrogens is 312 g/mol. The number of piperidine rings is 1. The van der Waals surface area contributed by atoms with Gasteiger partial charge in [-0.1, -0.05) is 39.5 Å². The van der Waals surface area contributed by atoms with Crippen LogP contribution >= 0.6 is 0 Å². The molecule has 0 aliphatic carbocycles. The number of nitrogens with zero attached hydrogens (tertiary/aromatic N) is 1. The number of carbonyl (C=O) groups is 2. The average Bonchev–Trinajstić information content (AvgIpc) is 2.62. The number of carbonyl (C=O) groups excluding carboxylic acids is 2. The third-order valence-electron chi connectivity index (χ3n) is 4.99. The van der Waals surface area contributed by atoms with Crippen LogP contribution < -0.4 is 5.32 Å². The second kappa shape index (κ2) is 10.2. The highest BCUT2D eigenvalue weighted by Crippen LogP contribution is 2.19. The van der Waals surface area contributed by atoms with Crippen molar-refractivity contribution in [2.75, 3.05) is 18.4 Å². The predicted molar refractivity (Wildman–Crippen MR) is 103 cm³/mol. The van der Waals surface area contributed by atoms with Crippen molar-refractivity contribution >= 4 is 17.5 Å². The highest BCUT2D eigenvalue weighted by atomic mass is 16.2. The van der Waals surface area contributed by atoms with Gasteiger partial charge in [0.1, 0.15) is 0 Å². The van der Waals surface area contributed by atoms with E-state index in [9.17, 15) is 9.59 Å². The fourth-order valence-electron chi connectivity index (χ4n) is 3.20. The van der Waals surface area contributed by atoms with E-state index in [0.717, 1.165) is 44.5 Å². The molecule has 0 spiro atoms. The highest BCUT2D eigenvalue weighted by Gasteiger charge is 2.21. The minimum absolute atomic E-state index is 0.0561. The van der Waals surface area contributed by atoms with Crippen molar-refractivity contribution in [2.24, 2.45) is 5.92 Å². The number of benzene rings is 1. The maximum absolute atomic E-state index is 12.5. The molecule has 1 aromatic carbocycles. The van der Waals surface area contributed by atoms with E-state index < -0.39 is 0 Å². The third-order valence-corrected chi connectivity index (χ3v) is 4.99. The van der Waals surface area contributed by atoms with E-state index in [1.807, 2.05) is 29.2 Å². The Kier molecular flexibility index (Phi) is 7.96. The van der Waals surface area contributed by atoms with Gasteiger partial charge in [0, 0.05) is 30.8 Å². The molecule has 0 bridgehead atoms. The van der Waals surface area contributed by atoms with E-state index >= 15 is 0 Å². The molecule has 2 rings (SSSR count). The second-order valence-corrected chi connectivity index (χ2v) is 7.26. The first-order chi connectivity index (χ1) is 12.1. The second-order valence-electron chi connectivity index (χ2n) is 7.26. The molecule has 1 aromatic rings. The summed E-state index contributed by atoms with van der Waals surface area (Å²) in [5, 5.41) is 2.92. The summed E-state index contributed by atoms with van der Waals surface area (Å²) in [6.45, 7) is 6.11. The number of rotatable bonds is 8. The topological polar surface area (TPSA) is 49.4 Å². The summed E-state index contributed by atoms with van der Waals surface area (Å²) in [4.78, 5) is 26.4. The number of amides is 2. The summed E-state index contributed by atoms with van der Waals surface area (Å²) in [7, 11) is 0. The van der Waals surface area contributed by atoms with Gasteiger partial charge in [-0.05, 0) is 49.4 Å². The van der Waals surface area contributed by atoms with Crippen molar-refractivity contribution in [2.45, 2.75) is 65.2 Å². The largest absolute Gasteiger partial charge is 0.339 e. The van der Waals surface area contributed by atoms with E-state index in [2.05, 4.69) is 19.2 Å². The van der Waals surface area contributed by atoms with Gasteiger partial charge in [-0.3, -0.25) is 9.59 Å². The molecule has 4 heteroatoms. The fourth-order valence-corrected chi connectivity index (χ4v) is 3.20. The monoisotopic (exact) mass is 344 g/mol. The summed E-state index contributed by atoms with van der Waals surface area (Å²) < 4.78 is 0. The minimum Gasteiger partial charge on any atom is -0.339 e. The van der Waals surface area contributed by atoms with E-state index in [1.165, 1.54) is 19.3 Å². The quantitative estimate of drug-likeness (QED) is 0.685. The van der Waals surface area contributed by atoms with Crippen LogP contribution in [0.15, 0.2) is 24.3 Å². The molecule has 138 valence electrons. The normalized spacial score (nSPS) is 15.2. The van der Waals surface area contributed by atoms with Gasteiger partial charge in [-0.2, -0.15) is 0 Å². The Hall–Kier alpha value is -1.84. The van der Waals surface area contributed by atoms with Gasteiger partial charge in [0.15, 0.2) is 0 Å². The van der Waals surface area contributed by atoms with E-state index in [4.69, 9.17) is 0 Å². The molecule has 25 heavy (non-hydrogen) atoms. The number of hydrogen-bond donors (Lipinski definition) is 1. The number of nitrogens with one attached hydrogen (secondary N) is 1. The van der Waals surface area contributed by atoms with Crippen molar-refractivity contribution in [1.82, 2.24) is 4.90 Å². The van der Waals surface area contributed by atoms with Gasteiger partial charge in [0.2, 0.25) is 5.91 Å². The number of anilines is 1. The number of likely N-dealkylation sites (tertiary alicyclic amines) is 1. The minimum atomic E-state index is 0.0561. The van der Waals surface area contributed by atoms with Crippen LogP contribution in [0, 0.1) is 5.92 Å². The predicted octanol–water partition coefficient (Wildman–Crippen LogP) is 4.86. The standard InChI is InChI=1S/C21H32N2O2/c1-3-4-5-6-7-8-20(24)22-19-11-9-18(10-12-19)21(25)23-15-13-17(2)14-16-23/h9-12,17H,3-8,13-16H2,1-2H3,(H,22,24). The van der Waals surface area contributed by atoms with Gasteiger partial charge < -0.3 is 10.2 Å². The third kappa shape index (κ3) is 6.52. The molecule has 2 amide bonds. The molecular formula is C21H32N2O2. The van der Waals surface area contributed by atoms with Crippen molar-refractivity contribution in [3.05, 3.63) is 29.8 Å². The van der Waals surface area contributed by atoms with Crippen LogP contribution in [-0.4, -0.2) is 29.8 Å². The highest BCUT2D eigenvalue weighted by molar-refractivity contribution is 5.95. The van der Waals surface area contributed by atoms with Crippen LogP contribution in [0.4, 0.5) is 5.69 Å². The molecule has 0 unspecified atom stereocenters. The molecule has 0 aromatic heterocycles. The Bertz CT molecular complexity index is 546. The van der Waals surface area contributed by atoms with Gasteiger partial charge in [-0.25, -0.2) is 0 Å². The average molecular weight is 344 g/mol. The lowest BCUT2D eigenvalue weighted by molar-refractivity contribution is -0.116. The molecule has 1 fully saturated rings. The first-order valence-electron chi connectivity index (χ1n) is 9.79. The van der Waals surface area contributed by atoms with Gasteiger partial charge in [-0.15, -0.1) is 0 Å². The molecule has 1 N–H and O–H groups in total. The molecule has 1 saturated heterocycles. The molecule has 4 nitrogen and oxygen atoms in total. The summed E-state index contributed by atoms with van der Waals surface area (Å²) in [6, 6.07) is 7.29. The molecule has 0 saturated carbocycles. The Morgan fingerprint density at radius 1 is 1.04 bits per heavy atom. The summed E-state index contributed by atoms with van der Waals surface area (Å²) >= 11 is 0. The number of hydrogen-bond acceptors (Lipinski definition) is 2. The van der Waals surface area contributed by atoms with Crippen LogP contribution in [0.2, 0.25) is 0 Å². The Morgan fingerprint density at radius 3 is 2.32 bits per heavy atom. The Balaban J connectivity index is 1.77. The Labute approximate surface area is 152 Å². The van der Waals surface area contributed by atoms with Gasteiger partial charge in [0.05, 0.1) is 0 Å². The summed E-state index contributed by atoms with van der Waals surface area (Å²) in [6.07, 6.45) is 8.45. The molecule has 0 atom stereocenters. The van der Waals surface area contributed by atoms with E-state index in [0.29, 0.717) is 17.9 Å². The lowest BCUT2D eigenvalue weighted by Gasteiger charge is -2.30. The zero-order valence-corrected chi connectivity index (χ0v) is 15.7. The van der Waals surface area contributed by atoms with Crippen molar-refractivity contribution in [3.63, 3.8) is 0 Å². The first-order valence-corrected chi connectivity index (χ1v) is 9.79. The van der Waals surface area contributed by atoms with Crippen molar-refractivity contribution in [1.29, 1.82) is 0 Å². The van der Waals surface area contributed by atoms with Crippen LogP contribution in [0.25, 0.3) is 0 Å². The zero-order valence-electron chi connectivity index (χ0n) is 15.7. The van der Waals surface area contributed by atoms with E-state index in [1.54, 1.807) is 0 Å². The van der Waals surface area contributed by atoms with Crippen molar-refractivity contribution < 1.29 is 9.59 Å². The molecule has 1 aliphatic rings. The molecule has 0 radical (unpaired) electrons. The SMILES string of the molecule is CCCCCCCC(=O)Nc1ccc(C(=O)N2CCC(C)CC2)cc1. The van der Waals surface area contributed by atoms with Gasteiger partial charge >= 0.3 is 0 Å². The smallest absolute Gasteiger partial charge is 0.253 e. The fraction of sp³-hybridized carbons (Fsp3) is 0.619. The number of unbranched alkanes of at least 4 members (excludes halogenated alkanes) is 4. The van der Waals surface area contributed by atoms with Crippen molar-refractivity contribution in [3.8, 4) is 0 Å². The maximum Gasteiger partial charge on any atom is 0.253 e. The van der Waals surface area contributed by atoms with E-state index in [-0.39, 0.29) is 11.8 Å². The zero-order chi connectivity index (χ0) is 18.1. The van der Waals surface area contributed by atoms with Crippen LogP contribution in [0.1, 0.15) is 75.6 Å². The lowest BCUT2D eigenvalue weighted by atomic mass is 9.98. The van der Waals surface area contributed by atoms with Crippen LogP contribution in [-0.2, 0) is 4.79 Å². The molecule has 1 aliphatic heterocycles. The maximum atomic E-state index is 12.5. The van der Waals surface area contributed by atoms with Gasteiger partial charge in [0.25, 0.3) is 5.91 Å². The summed E-state index contributed by atoms with van der Waals surface area (Å²) in [5.74, 6) is 0.866. The molecule has 1 heterocycles. The van der Waals surface area contributed by atoms with Crippen LogP contribution in [0.5, 0.6) is 0 Å². The summed E-state index contributed by atoms with van der Waals surface area (Å²) in [5.41, 5.74) is 1.47.